The maximum Gasteiger partial charge on any atom is 0.291 e. The average Bonchev–Trinajstić information content (AvgIpc) is 2.87. The fraction of sp³-hybridized carbons (Fsp3) is 0.615. The highest BCUT2D eigenvalue weighted by Gasteiger charge is 2.21. The lowest BCUT2D eigenvalue weighted by Crippen LogP contribution is -2.30. The van der Waals surface area contributed by atoms with Gasteiger partial charge >= 0.3 is 0 Å². The number of aromatic amines is 1. The monoisotopic (exact) mass is 263 g/mol. The van der Waals surface area contributed by atoms with Gasteiger partial charge in [-0.25, -0.2) is 4.98 Å². The minimum Gasteiger partial charge on any atom is -0.346 e. The zero-order valence-electron chi connectivity index (χ0n) is 11.7. The van der Waals surface area contributed by atoms with Gasteiger partial charge in [0, 0.05) is 18.5 Å². The van der Waals surface area contributed by atoms with Crippen LogP contribution in [0.1, 0.15) is 43.6 Å². The molecule has 104 valence electrons. The molecule has 0 radical (unpaired) electrons. The molecule has 0 saturated heterocycles. The predicted octanol–water partition coefficient (Wildman–Crippen LogP) is 0.752. The Balaban J connectivity index is 1.93. The molecule has 1 aliphatic heterocycles. The van der Waals surface area contributed by atoms with Crippen LogP contribution in [0.5, 0.6) is 0 Å². The number of hydrogen-bond donors (Lipinski definition) is 3. The Kier molecular flexibility index (Phi) is 3.99. The maximum atomic E-state index is 11.9. The average molecular weight is 263 g/mol. The van der Waals surface area contributed by atoms with Crippen molar-refractivity contribution in [2.24, 2.45) is 0 Å². The summed E-state index contributed by atoms with van der Waals surface area (Å²) in [6.45, 7) is 8.48. The standard InChI is InChI=1S/C13H21N5O/c1-13(2,3)12-16-10(17-18-12)11(19)15-8-9-4-6-14-7-5-9/h4,14H,5-8H2,1-3H3,(H,15,19)(H,16,17,18). The van der Waals surface area contributed by atoms with Gasteiger partial charge in [-0.2, -0.15) is 0 Å². The molecule has 0 spiro atoms. The van der Waals surface area contributed by atoms with E-state index in [-0.39, 0.29) is 17.1 Å². The van der Waals surface area contributed by atoms with Crippen molar-refractivity contribution in [3.8, 4) is 0 Å². The highest BCUT2D eigenvalue weighted by molar-refractivity contribution is 5.90. The van der Waals surface area contributed by atoms with Crippen molar-refractivity contribution in [2.75, 3.05) is 19.6 Å². The second-order valence-electron chi connectivity index (χ2n) is 5.76. The molecule has 1 aromatic rings. The molecule has 0 bridgehead atoms. The Bertz CT molecular complexity index is 483. The van der Waals surface area contributed by atoms with Crippen LogP contribution in [-0.2, 0) is 5.41 Å². The number of aromatic nitrogens is 3. The number of H-pyrrole nitrogens is 1. The number of nitrogens with zero attached hydrogens (tertiary/aromatic N) is 2. The first-order valence-corrected chi connectivity index (χ1v) is 6.56. The highest BCUT2D eigenvalue weighted by Crippen LogP contribution is 2.17. The molecular weight excluding hydrogens is 242 g/mol. The molecule has 0 unspecified atom stereocenters. The summed E-state index contributed by atoms with van der Waals surface area (Å²) in [6, 6.07) is 0. The number of amides is 1. The summed E-state index contributed by atoms with van der Waals surface area (Å²) in [6.07, 6.45) is 3.09. The van der Waals surface area contributed by atoms with Gasteiger partial charge in [0.2, 0.25) is 5.82 Å². The first-order valence-electron chi connectivity index (χ1n) is 6.56. The van der Waals surface area contributed by atoms with Gasteiger partial charge in [0.1, 0.15) is 5.82 Å². The summed E-state index contributed by atoms with van der Waals surface area (Å²) in [5, 5.41) is 12.9. The van der Waals surface area contributed by atoms with Crippen LogP contribution < -0.4 is 10.6 Å². The van der Waals surface area contributed by atoms with E-state index in [1.54, 1.807) is 0 Å². The first-order chi connectivity index (χ1) is 8.97. The van der Waals surface area contributed by atoms with Gasteiger partial charge in [-0.15, -0.1) is 5.10 Å². The van der Waals surface area contributed by atoms with Crippen LogP contribution in [0.25, 0.3) is 0 Å². The van der Waals surface area contributed by atoms with Crippen LogP contribution in [0.2, 0.25) is 0 Å². The minimum atomic E-state index is -0.230. The van der Waals surface area contributed by atoms with Crippen LogP contribution >= 0.6 is 0 Å². The molecule has 0 aromatic carbocycles. The lowest BCUT2D eigenvalue weighted by Gasteiger charge is -2.14. The van der Waals surface area contributed by atoms with Crippen LogP contribution in [0.3, 0.4) is 0 Å². The van der Waals surface area contributed by atoms with Crippen molar-refractivity contribution in [1.82, 2.24) is 25.8 Å². The van der Waals surface area contributed by atoms with Crippen molar-refractivity contribution in [1.29, 1.82) is 0 Å². The Morgan fingerprint density at radius 2 is 2.26 bits per heavy atom. The lowest BCUT2D eigenvalue weighted by molar-refractivity contribution is 0.0946. The van der Waals surface area contributed by atoms with E-state index in [1.165, 1.54) is 5.57 Å². The molecule has 1 aliphatic rings. The molecule has 1 aromatic heterocycles. The second kappa shape index (κ2) is 5.52. The Hall–Kier alpha value is -1.69. The molecule has 3 N–H and O–H groups in total. The lowest BCUT2D eigenvalue weighted by atomic mass is 9.96. The Morgan fingerprint density at radius 3 is 2.84 bits per heavy atom. The fourth-order valence-corrected chi connectivity index (χ4v) is 1.80. The van der Waals surface area contributed by atoms with Gasteiger partial charge in [-0.05, 0) is 13.0 Å². The van der Waals surface area contributed by atoms with Crippen molar-refractivity contribution in [3.63, 3.8) is 0 Å². The van der Waals surface area contributed by atoms with E-state index in [4.69, 9.17) is 0 Å². The largest absolute Gasteiger partial charge is 0.346 e. The van der Waals surface area contributed by atoms with E-state index >= 15 is 0 Å². The van der Waals surface area contributed by atoms with Crippen molar-refractivity contribution >= 4 is 5.91 Å². The fourth-order valence-electron chi connectivity index (χ4n) is 1.80. The summed E-state index contributed by atoms with van der Waals surface area (Å²) in [5.74, 6) is 0.698. The van der Waals surface area contributed by atoms with Crippen LogP contribution in [0.4, 0.5) is 0 Å². The molecule has 6 nitrogen and oxygen atoms in total. The van der Waals surface area contributed by atoms with Gasteiger partial charge in [0.15, 0.2) is 0 Å². The molecular formula is C13H21N5O. The van der Waals surface area contributed by atoms with Crippen LogP contribution in [-0.4, -0.2) is 40.7 Å². The first kappa shape index (κ1) is 13.7. The second-order valence-corrected chi connectivity index (χ2v) is 5.76. The SMILES string of the molecule is CC(C)(C)c1nc(C(=O)NCC2=CCNCC2)n[nH]1. The molecule has 1 amide bonds. The van der Waals surface area contributed by atoms with E-state index in [0.29, 0.717) is 6.54 Å². The number of carbonyl (C=O) groups is 1. The van der Waals surface area contributed by atoms with E-state index in [0.717, 1.165) is 25.3 Å². The molecule has 0 saturated carbocycles. The zero-order valence-corrected chi connectivity index (χ0v) is 11.7. The number of carbonyl (C=O) groups excluding carboxylic acids is 1. The summed E-state index contributed by atoms with van der Waals surface area (Å²) < 4.78 is 0. The summed E-state index contributed by atoms with van der Waals surface area (Å²) in [4.78, 5) is 16.2. The van der Waals surface area contributed by atoms with Crippen LogP contribution in [0, 0.1) is 0 Å². The van der Waals surface area contributed by atoms with Crippen molar-refractivity contribution in [3.05, 3.63) is 23.3 Å². The summed E-state index contributed by atoms with van der Waals surface area (Å²) >= 11 is 0. The number of nitrogens with one attached hydrogen (secondary N) is 3. The third kappa shape index (κ3) is 3.64. The summed E-state index contributed by atoms with van der Waals surface area (Å²) in [7, 11) is 0. The van der Waals surface area contributed by atoms with E-state index < -0.39 is 0 Å². The predicted molar refractivity (Wildman–Crippen MR) is 73.0 cm³/mol. The van der Waals surface area contributed by atoms with Gasteiger partial charge in [0.25, 0.3) is 5.91 Å². The maximum absolute atomic E-state index is 11.9. The zero-order chi connectivity index (χ0) is 13.9. The quantitative estimate of drug-likeness (QED) is 0.703. The van der Waals surface area contributed by atoms with Crippen molar-refractivity contribution in [2.45, 2.75) is 32.6 Å². The minimum absolute atomic E-state index is 0.136. The van der Waals surface area contributed by atoms with Gasteiger partial charge in [-0.3, -0.25) is 9.89 Å². The molecule has 2 heterocycles. The third-order valence-corrected chi connectivity index (χ3v) is 3.03. The molecule has 0 atom stereocenters. The third-order valence-electron chi connectivity index (χ3n) is 3.03. The molecule has 0 fully saturated rings. The molecule has 19 heavy (non-hydrogen) atoms. The topological polar surface area (TPSA) is 82.7 Å². The van der Waals surface area contributed by atoms with Gasteiger partial charge in [0.05, 0.1) is 0 Å². The normalized spacial score (nSPS) is 16.1. The molecule has 6 heteroatoms. The summed E-state index contributed by atoms with van der Waals surface area (Å²) in [5.41, 5.74) is 1.11. The smallest absolute Gasteiger partial charge is 0.291 e. The number of rotatable bonds is 3. The van der Waals surface area contributed by atoms with E-state index in [9.17, 15) is 4.79 Å². The number of hydrogen-bond acceptors (Lipinski definition) is 4. The van der Waals surface area contributed by atoms with E-state index in [2.05, 4.69) is 31.9 Å². The van der Waals surface area contributed by atoms with Gasteiger partial charge in [-0.1, -0.05) is 32.4 Å². The Labute approximate surface area is 113 Å². The molecule has 2 rings (SSSR count). The van der Waals surface area contributed by atoms with E-state index in [1.807, 2.05) is 20.8 Å². The van der Waals surface area contributed by atoms with Crippen LogP contribution in [0.15, 0.2) is 11.6 Å². The Morgan fingerprint density at radius 1 is 1.47 bits per heavy atom. The highest BCUT2D eigenvalue weighted by atomic mass is 16.2. The van der Waals surface area contributed by atoms with Gasteiger partial charge < -0.3 is 10.6 Å². The van der Waals surface area contributed by atoms with Crippen molar-refractivity contribution < 1.29 is 4.79 Å². The molecule has 0 aliphatic carbocycles.